The molecule has 4 heteroatoms. The molecule has 0 aliphatic carbocycles. The standard InChI is InChI=1S/C10H13NO3/c1-7(13)9-3-2-8(6-10(9)11)14-5-4-12/h2-3,6,12H,4-5,11H2,1H3. The molecule has 0 fully saturated rings. The van der Waals surface area contributed by atoms with Gasteiger partial charge in [-0.1, -0.05) is 0 Å². The maximum Gasteiger partial charge on any atom is 0.161 e. The van der Waals surface area contributed by atoms with E-state index in [0.29, 0.717) is 17.0 Å². The zero-order valence-corrected chi connectivity index (χ0v) is 7.99. The first-order valence-corrected chi connectivity index (χ1v) is 4.29. The van der Waals surface area contributed by atoms with Gasteiger partial charge in [-0.15, -0.1) is 0 Å². The van der Waals surface area contributed by atoms with Crippen LogP contribution in [-0.2, 0) is 0 Å². The monoisotopic (exact) mass is 195 g/mol. The Kier molecular flexibility index (Phi) is 3.48. The average molecular weight is 195 g/mol. The van der Waals surface area contributed by atoms with Gasteiger partial charge in [0.25, 0.3) is 0 Å². The van der Waals surface area contributed by atoms with Crippen molar-refractivity contribution in [1.82, 2.24) is 0 Å². The molecule has 0 saturated heterocycles. The summed E-state index contributed by atoms with van der Waals surface area (Å²) < 4.78 is 5.13. The Balaban J connectivity index is 2.83. The molecule has 1 aromatic carbocycles. The summed E-state index contributed by atoms with van der Waals surface area (Å²) in [5, 5.41) is 8.53. The minimum atomic E-state index is -0.0730. The van der Waals surface area contributed by atoms with Crippen molar-refractivity contribution in [1.29, 1.82) is 0 Å². The van der Waals surface area contributed by atoms with Crippen LogP contribution in [0.15, 0.2) is 18.2 Å². The van der Waals surface area contributed by atoms with Gasteiger partial charge in [-0.25, -0.2) is 0 Å². The number of rotatable bonds is 4. The quantitative estimate of drug-likeness (QED) is 0.551. The summed E-state index contributed by atoms with van der Waals surface area (Å²) >= 11 is 0. The smallest absolute Gasteiger partial charge is 0.161 e. The van der Waals surface area contributed by atoms with E-state index >= 15 is 0 Å². The Hall–Kier alpha value is -1.55. The minimum Gasteiger partial charge on any atom is -0.491 e. The first-order chi connectivity index (χ1) is 6.65. The van der Waals surface area contributed by atoms with Gasteiger partial charge in [0.1, 0.15) is 12.4 Å². The molecule has 0 aliphatic heterocycles. The second kappa shape index (κ2) is 4.62. The van der Waals surface area contributed by atoms with Gasteiger partial charge >= 0.3 is 0 Å². The van der Waals surface area contributed by atoms with E-state index < -0.39 is 0 Å². The molecule has 0 radical (unpaired) electrons. The molecule has 4 nitrogen and oxygen atoms in total. The van der Waals surface area contributed by atoms with Gasteiger partial charge in [0.2, 0.25) is 0 Å². The topological polar surface area (TPSA) is 72.5 Å². The van der Waals surface area contributed by atoms with E-state index in [2.05, 4.69) is 0 Å². The molecule has 0 unspecified atom stereocenters. The van der Waals surface area contributed by atoms with E-state index in [-0.39, 0.29) is 19.0 Å². The third kappa shape index (κ3) is 2.47. The Morgan fingerprint density at radius 3 is 2.79 bits per heavy atom. The first kappa shape index (κ1) is 10.5. The second-order valence-corrected chi connectivity index (χ2v) is 2.88. The molecule has 0 aromatic heterocycles. The van der Waals surface area contributed by atoms with Crippen LogP contribution >= 0.6 is 0 Å². The lowest BCUT2D eigenvalue weighted by atomic mass is 10.1. The highest BCUT2D eigenvalue weighted by Gasteiger charge is 2.05. The minimum absolute atomic E-state index is 0.0473. The number of carbonyl (C=O) groups is 1. The fourth-order valence-corrected chi connectivity index (χ4v) is 1.11. The molecule has 3 N–H and O–H groups in total. The van der Waals surface area contributed by atoms with Crippen LogP contribution in [0.1, 0.15) is 17.3 Å². The van der Waals surface area contributed by atoms with Crippen molar-refractivity contribution in [2.45, 2.75) is 6.92 Å². The van der Waals surface area contributed by atoms with E-state index in [4.69, 9.17) is 15.6 Å². The third-order valence-corrected chi connectivity index (χ3v) is 1.76. The number of benzene rings is 1. The predicted molar refractivity (Wildman–Crippen MR) is 53.4 cm³/mol. The lowest BCUT2D eigenvalue weighted by Gasteiger charge is -2.06. The first-order valence-electron chi connectivity index (χ1n) is 4.29. The van der Waals surface area contributed by atoms with Crippen LogP contribution in [0.3, 0.4) is 0 Å². The predicted octanol–water partition coefficient (Wildman–Crippen LogP) is 0.843. The van der Waals surface area contributed by atoms with Crippen molar-refractivity contribution >= 4 is 11.5 Å². The Morgan fingerprint density at radius 2 is 2.29 bits per heavy atom. The van der Waals surface area contributed by atoms with Gasteiger partial charge in [0.05, 0.1) is 6.61 Å². The Labute approximate surface area is 82.3 Å². The highest BCUT2D eigenvalue weighted by molar-refractivity contribution is 5.99. The van der Waals surface area contributed by atoms with Crippen LogP contribution in [0.5, 0.6) is 5.75 Å². The summed E-state index contributed by atoms with van der Waals surface area (Å²) in [7, 11) is 0. The molecule has 0 amide bonds. The van der Waals surface area contributed by atoms with E-state index in [0.717, 1.165) is 0 Å². The van der Waals surface area contributed by atoms with Crippen molar-refractivity contribution in [2.24, 2.45) is 0 Å². The lowest BCUT2D eigenvalue weighted by Crippen LogP contribution is -2.04. The summed E-state index contributed by atoms with van der Waals surface area (Å²) in [6.45, 7) is 1.63. The van der Waals surface area contributed by atoms with Crippen LogP contribution in [0.4, 0.5) is 5.69 Å². The zero-order chi connectivity index (χ0) is 10.6. The van der Waals surface area contributed by atoms with Crippen molar-refractivity contribution in [2.75, 3.05) is 18.9 Å². The SMILES string of the molecule is CC(=O)c1ccc(OCCO)cc1N. The van der Waals surface area contributed by atoms with Crippen molar-refractivity contribution in [3.05, 3.63) is 23.8 Å². The number of anilines is 1. The number of nitrogen functional groups attached to an aromatic ring is 1. The highest BCUT2D eigenvalue weighted by atomic mass is 16.5. The second-order valence-electron chi connectivity index (χ2n) is 2.88. The van der Waals surface area contributed by atoms with Gasteiger partial charge in [0, 0.05) is 17.3 Å². The molecule has 1 rings (SSSR count). The number of hydrogen-bond donors (Lipinski definition) is 2. The lowest BCUT2D eigenvalue weighted by molar-refractivity contribution is 0.101. The highest BCUT2D eigenvalue weighted by Crippen LogP contribution is 2.20. The number of ketones is 1. The number of hydrogen-bond acceptors (Lipinski definition) is 4. The van der Waals surface area contributed by atoms with Gasteiger partial charge in [0.15, 0.2) is 5.78 Å². The summed E-state index contributed by atoms with van der Waals surface area (Å²) in [5.41, 5.74) is 6.51. The fraction of sp³-hybridized carbons (Fsp3) is 0.300. The molecule has 0 saturated carbocycles. The van der Waals surface area contributed by atoms with Crippen molar-refractivity contribution in [3.63, 3.8) is 0 Å². The van der Waals surface area contributed by atoms with Gasteiger partial charge in [-0.2, -0.15) is 0 Å². The van der Waals surface area contributed by atoms with Crippen LogP contribution in [0.2, 0.25) is 0 Å². The average Bonchev–Trinajstić information content (AvgIpc) is 2.14. The largest absolute Gasteiger partial charge is 0.491 e. The van der Waals surface area contributed by atoms with E-state index in [9.17, 15) is 4.79 Å². The molecule has 0 spiro atoms. The number of Topliss-reactive ketones (excluding diaryl/α,β-unsaturated/α-hetero) is 1. The normalized spacial score (nSPS) is 9.86. The van der Waals surface area contributed by atoms with Gasteiger partial charge < -0.3 is 15.6 Å². The van der Waals surface area contributed by atoms with E-state index in [1.165, 1.54) is 6.92 Å². The molecule has 0 aliphatic rings. The molecule has 0 atom stereocenters. The van der Waals surface area contributed by atoms with Crippen molar-refractivity contribution in [3.8, 4) is 5.75 Å². The molecular weight excluding hydrogens is 182 g/mol. The van der Waals surface area contributed by atoms with Crippen LogP contribution < -0.4 is 10.5 Å². The number of carbonyl (C=O) groups excluding carboxylic acids is 1. The Morgan fingerprint density at radius 1 is 1.57 bits per heavy atom. The van der Waals surface area contributed by atoms with Crippen LogP contribution in [0, 0.1) is 0 Å². The maximum atomic E-state index is 11.0. The third-order valence-electron chi connectivity index (χ3n) is 1.76. The molecule has 14 heavy (non-hydrogen) atoms. The Bertz CT molecular complexity index is 336. The van der Waals surface area contributed by atoms with Crippen molar-refractivity contribution < 1.29 is 14.6 Å². The molecular formula is C10H13NO3. The molecule has 0 bridgehead atoms. The zero-order valence-electron chi connectivity index (χ0n) is 7.99. The molecule has 1 aromatic rings. The van der Waals surface area contributed by atoms with Crippen LogP contribution in [0.25, 0.3) is 0 Å². The summed E-state index contributed by atoms with van der Waals surface area (Å²) in [6.07, 6.45) is 0. The van der Waals surface area contributed by atoms with Gasteiger partial charge in [-0.05, 0) is 19.1 Å². The number of aliphatic hydroxyl groups is 1. The summed E-state index contributed by atoms with van der Waals surface area (Å²) in [5.74, 6) is 0.484. The number of nitrogens with two attached hydrogens (primary N) is 1. The van der Waals surface area contributed by atoms with Crippen LogP contribution in [-0.4, -0.2) is 24.1 Å². The van der Waals surface area contributed by atoms with E-state index in [1.54, 1.807) is 18.2 Å². The summed E-state index contributed by atoms with van der Waals surface area (Å²) in [4.78, 5) is 11.0. The fourth-order valence-electron chi connectivity index (χ4n) is 1.11. The summed E-state index contributed by atoms with van der Waals surface area (Å²) in [6, 6.07) is 4.85. The number of ether oxygens (including phenoxy) is 1. The van der Waals surface area contributed by atoms with Gasteiger partial charge in [-0.3, -0.25) is 4.79 Å². The number of aliphatic hydroxyl groups excluding tert-OH is 1. The maximum absolute atomic E-state index is 11.0. The molecule has 76 valence electrons. The molecule has 0 heterocycles. The van der Waals surface area contributed by atoms with E-state index in [1.807, 2.05) is 0 Å².